The van der Waals surface area contributed by atoms with Gasteiger partial charge in [-0.2, -0.15) is 4.39 Å². The van der Waals surface area contributed by atoms with Gasteiger partial charge in [-0.25, -0.2) is 4.98 Å². The van der Waals surface area contributed by atoms with Gasteiger partial charge in [-0.05, 0) is 24.1 Å². The predicted octanol–water partition coefficient (Wildman–Crippen LogP) is 2.90. The SMILES string of the molecule is CN(CCc1ccccc1)c1cccc(F)n1. The van der Waals surface area contributed by atoms with Gasteiger partial charge in [0.05, 0.1) is 0 Å². The summed E-state index contributed by atoms with van der Waals surface area (Å²) in [5, 5.41) is 0. The molecule has 1 heterocycles. The van der Waals surface area contributed by atoms with Crippen molar-refractivity contribution >= 4 is 5.82 Å². The molecule has 0 aliphatic rings. The number of likely N-dealkylation sites (N-methyl/N-ethyl adjacent to an activating group) is 1. The number of aromatic nitrogens is 1. The number of rotatable bonds is 4. The molecule has 2 nitrogen and oxygen atoms in total. The lowest BCUT2D eigenvalue weighted by Gasteiger charge is -2.17. The van der Waals surface area contributed by atoms with Crippen LogP contribution in [0.5, 0.6) is 0 Å². The van der Waals surface area contributed by atoms with E-state index in [2.05, 4.69) is 17.1 Å². The molecule has 2 aromatic rings. The highest BCUT2D eigenvalue weighted by molar-refractivity contribution is 5.37. The molecule has 0 bridgehead atoms. The number of pyridine rings is 1. The van der Waals surface area contributed by atoms with Crippen molar-refractivity contribution < 1.29 is 4.39 Å². The van der Waals surface area contributed by atoms with Crippen molar-refractivity contribution in [1.82, 2.24) is 4.98 Å². The number of benzene rings is 1. The van der Waals surface area contributed by atoms with Gasteiger partial charge >= 0.3 is 0 Å². The standard InChI is InChI=1S/C14H15FN2/c1-17(14-9-5-8-13(15)16-14)11-10-12-6-3-2-4-7-12/h2-9H,10-11H2,1H3. The van der Waals surface area contributed by atoms with Crippen molar-refractivity contribution in [1.29, 1.82) is 0 Å². The average Bonchev–Trinajstić information content (AvgIpc) is 2.37. The van der Waals surface area contributed by atoms with Crippen molar-refractivity contribution in [2.24, 2.45) is 0 Å². The van der Waals surface area contributed by atoms with Crippen LogP contribution in [-0.2, 0) is 6.42 Å². The first-order valence-electron chi connectivity index (χ1n) is 5.63. The van der Waals surface area contributed by atoms with Crippen molar-refractivity contribution in [2.75, 3.05) is 18.5 Å². The molecule has 0 amide bonds. The Hall–Kier alpha value is -1.90. The van der Waals surface area contributed by atoms with Crippen LogP contribution in [0.15, 0.2) is 48.5 Å². The van der Waals surface area contributed by atoms with E-state index in [0.717, 1.165) is 13.0 Å². The van der Waals surface area contributed by atoms with E-state index >= 15 is 0 Å². The summed E-state index contributed by atoms with van der Waals surface area (Å²) >= 11 is 0. The number of nitrogens with zero attached hydrogens (tertiary/aromatic N) is 2. The molecular weight excluding hydrogens is 215 g/mol. The van der Waals surface area contributed by atoms with E-state index in [1.165, 1.54) is 11.6 Å². The van der Waals surface area contributed by atoms with Crippen LogP contribution in [0.1, 0.15) is 5.56 Å². The zero-order valence-electron chi connectivity index (χ0n) is 9.81. The highest BCUT2D eigenvalue weighted by Crippen LogP contribution is 2.10. The second-order valence-corrected chi connectivity index (χ2v) is 3.98. The Labute approximate surface area is 101 Å². The van der Waals surface area contributed by atoms with Gasteiger partial charge in [0.1, 0.15) is 5.82 Å². The third kappa shape index (κ3) is 3.28. The van der Waals surface area contributed by atoms with E-state index in [1.54, 1.807) is 6.07 Å². The highest BCUT2D eigenvalue weighted by Gasteiger charge is 2.03. The Morgan fingerprint density at radius 1 is 1.06 bits per heavy atom. The van der Waals surface area contributed by atoms with Crippen molar-refractivity contribution in [2.45, 2.75) is 6.42 Å². The van der Waals surface area contributed by atoms with Gasteiger partial charge in [0.2, 0.25) is 5.95 Å². The highest BCUT2D eigenvalue weighted by atomic mass is 19.1. The fourth-order valence-electron chi connectivity index (χ4n) is 1.67. The molecule has 17 heavy (non-hydrogen) atoms. The van der Waals surface area contributed by atoms with Crippen LogP contribution in [-0.4, -0.2) is 18.6 Å². The number of halogens is 1. The lowest BCUT2D eigenvalue weighted by Crippen LogP contribution is -2.21. The summed E-state index contributed by atoms with van der Waals surface area (Å²) in [4.78, 5) is 5.80. The minimum atomic E-state index is -0.436. The van der Waals surface area contributed by atoms with Gasteiger partial charge in [-0.15, -0.1) is 0 Å². The summed E-state index contributed by atoms with van der Waals surface area (Å²) in [6.45, 7) is 0.820. The molecule has 0 atom stereocenters. The molecule has 1 aromatic carbocycles. The van der Waals surface area contributed by atoms with Crippen LogP contribution in [0.3, 0.4) is 0 Å². The molecule has 0 saturated carbocycles. The molecule has 0 spiro atoms. The van der Waals surface area contributed by atoms with E-state index < -0.39 is 5.95 Å². The first-order valence-corrected chi connectivity index (χ1v) is 5.63. The van der Waals surface area contributed by atoms with Gasteiger partial charge < -0.3 is 4.90 Å². The van der Waals surface area contributed by atoms with Gasteiger partial charge in [-0.1, -0.05) is 36.4 Å². The molecule has 0 radical (unpaired) electrons. The molecule has 0 N–H and O–H groups in total. The van der Waals surface area contributed by atoms with Crippen LogP contribution in [0.4, 0.5) is 10.2 Å². The van der Waals surface area contributed by atoms with Crippen LogP contribution in [0.25, 0.3) is 0 Å². The van der Waals surface area contributed by atoms with Crippen molar-refractivity contribution in [3.05, 3.63) is 60.0 Å². The fraction of sp³-hybridized carbons (Fsp3) is 0.214. The number of anilines is 1. The predicted molar refractivity (Wildman–Crippen MR) is 67.6 cm³/mol. The molecule has 0 aliphatic heterocycles. The molecule has 88 valence electrons. The summed E-state index contributed by atoms with van der Waals surface area (Å²) in [5.41, 5.74) is 1.27. The molecule has 0 fully saturated rings. The largest absolute Gasteiger partial charge is 0.359 e. The second-order valence-electron chi connectivity index (χ2n) is 3.98. The summed E-state index contributed by atoms with van der Waals surface area (Å²) in [5.74, 6) is 0.231. The van der Waals surface area contributed by atoms with Crippen molar-refractivity contribution in [3.8, 4) is 0 Å². The van der Waals surface area contributed by atoms with Crippen LogP contribution in [0.2, 0.25) is 0 Å². The Balaban J connectivity index is 1.96. The van der Waals surface area contributed by atoms with Crippen LogP contribution < -0.4 is 4.90 Å². The molecule has 3 heteroatoms. The van der Waals surface area contributed by atoms with E-state index in [9.17, 15) is 4.39 Å². The third-order valence-corrected chi connectivity index (χ3v) is 2.67. The molecule has 1 aromatic heterocycles. The minimum absolute atomic E-state index is 0.436. The number of hydrogen-bond acceptors (Lipinski definition) is 2. The van der Waals surface area contributed by atoms with Crippen LogP contribution in [0, 0.1) is 5.95 Å². The molecule has 2 rings (SSSR count). The lowest BCUT2D eigenvalue weighted by molar-refractivity contribution is 0.582. The zero-order valence-corrected chi connectivity index (χ0v) is 9.81. The quantitative estimate of drug-likeness (QED) is 0.751. The smallest absolute Gasteiger partial charge is 0.214 e. The van der Waals surface area contributed by atoms with Crippen LogP contribution >= 0.6 is 0 Å². The lowest BCUT2D eigenvalue weighted by atomic mass is 10.1. The summed E-state index contributed by atoms with van der Waals surface area (Å²) in [6, 6.07) is 15.1. The van der Waals surface area contributed by atoms with Gasteiger partial charge in [0.25, 0.3) is 0 Å². The molecule has 0 saturated heterocycles. The Morgan fingerprint density at radius 2 is 1.82 bits per heavy atom. The van der Waals surface area contributed by atoms with E-state index in [1.807, 2.05) is 36.2 Å². The topological polar surface area (TPSA) is 16.1 Å². The van der Waals surface area contributed by atoms with E-state index in [0.29, 0.717) is 5.82 Å². The Morgan fingerprint density at radius 3 is 2.53 bits per heavy atom. The van der Waals surface area contributed by atoms with Gasteiger partial charge in [-0.3, -0.25) is 0 Å². The maximum absolute atomic E-state index is 13.0. The first-order chi connectivity index (χ1) is 8.25. The Bertz CT molecular complexity index is 471. The minimum Gasteiger partial charge on any atom is -0.359 e. The fourth-order valence-corrected chi connectivity index (χ4v) is 1.67. The molecular formula is C14H15FN2. The summed E-state index contributed by atoms with van der Waals surface area (Å²) in [7, 11) is 1.92. The summed E-state index contributed by atoms with van der Waals surface area (Å²) in [6.07, 6.45) is 0.926. The van der Waals surface area contributed by atoms with Gasteiger partial charge in [0.15, 0.2) is 0 Å². The zero-order chi connectivity index (χ0) is 12.1. The maximum Gasteiger partial charge on any atom is 0.214 e. The Kier molecular flexibility index (Phi) is 3.70. The monoisotopic (exact) mass is 230 g/mol. The maximum atomic E-state index is 13.0. The summed E-state index contributed by atoms with van der Waals surface area (Å²) < 4.78 is 13.0. The van der Waals surface area contributed by atoms with E-state index in [4.69, 9.17) is 0 Å². The number of hydrogen-bond donors (Lipinski definition) is 0. The molecule has 0 aliphatic carbocycles. The van der Waals surface area contributed by atoms with Crippen molar-refractivity contribution in [3.63, 3.8) is 0 Å². The van der Waals surface area contributed by atoms with Gasteiger partial charge in [0, 0.05) is 13.6 Å². The first kappa shape index (κ1) is 11.6. The molecule has 0 unspecified atom stereocenters. The average molecular weight is 230 g/mol. The third-order valence-electron chi connectivity index (χ3n) is 2.67. The normalized spacial score (nSPS) is 10.2. The second kappa shape index (κ2) is 5.43. The van der Waals surface area contributed by atoms with E-state index in [-0.39, 0.29) is 0 Å².